The van der Waals surface area contributed by atoms with Crippen molar-refractivity contribution >= 4 is 117 Å². The molecule has 6 aliphatic rings. The third kappa shape index (κ3) is 6.90. The molecule has 17 heteroatoms. The van der Waals surface area contributed by atoms with Crippen LogP contribution in [0.15, 0.2) is 107 Å². The number of carbonyl (C=O) groups excluding carboxylic acids is 6. The minimum atomic E-state index is -2.52. The quantitative estimate of drug-likeness (QED) is 0.103. The molecule has 5 heterocycles. The summed E-state index contributed by atoms with van der Waals surface area (Å²) in [7, 11) is 0. The molecular formula is C53H40N4O9S4. The summed E-state index contributed by atoms with van der Waals surface area (Å²) < 4.78 is 19.5. The molecule has 3 aromatic heterocycles. The molecule has 4 aliphatic carbocycles. The molecule has 5 unspecified atom stereocenters. The zero-order valence-electron chi connectivity index (χ0n) is 37.1. The summed E-state index contributed by atoms with van der Waals surface area (Å²) in [6.45, 7) is -0.368. The Morgan fingerprint density at radius 3 is 1.89 bits per heavy atom. The number of hydrogen-bond acceptors (Lipinski definition) is 17. The van der Waals surface area contributed by atoms with Crippen LogP contribution < -0.4 is 15.4 Å². The highest BCUT2D eigenvalue weighted by Crippen LogP contribution is 2.63. The van der Waals surface area contributed by atoms with E-state index < -0.39 is 29.1 Å². The number of thioether (sulfide) groups is 1. The summed E-state index contributed by atoms with van der Waals surface area (Å²) in [5.74, 6) is -2.78. The van der Waals surface area contributed by atoms with Gasteiger partial charge in [-0.25, -0.2) is 19.6 Å². The average molecular weight is 1010 g/mol. The van der Waals surface area contributed by atoms with Crippen molar-refractivity contribution in [1.82, 2.24) is 4.98 Å². The normalized spacial score (nSPS) is 22.9. The van der Waals surface area contributed by atoms with Gasteiger partial charge < -0.3 is 24.8 Å². The molecule has 13 nitrogen and oxygen atoms in total. The van der Waals surface area contributed by atoms with Gasteiger partial charge in [-0.2, -0.15) is 0 Å². The molecule has 70 heavy (non-hydrogen) atoms. The van der Waals surface area contributed by atoms with E-state index in [9.17, 15) is 19.2 Å². The molecule has 13 rings (SSSR count). The van der Waals surface area contributed by atoms with Gasteiger partial charge in [-0.05, 0) is 58.7 Å². The summed E-state index contributed by atoms with van der Waals surface area (Å²) >= 11 is 4.89. The van der Waals surface area contributed by atoms with Crippen LogP contribution in [0.25, 0.3) is 30.1 Å². The van der Waals surface area contributed by atoms with Gasteiger partial charge in [-0.15, -0.1) is 22.7 Å². The summed E-state index contributed by atoms with van der Waals surface area (Å²) in [4.78, 5) is 97.7. The minimum Gasteiger partial charge on any atom is -0.457 e. The number of aliphatic imine (C=N–C) groups is 1. The molecule has 0 radical (unpaired) electrons. The van der Waals surface area contributed by atoms with Crippen molar-refractivity contribution in [2.45, 2.75) is 73.8 Å². The standard InChI is InChI=1S/C53H40N4O9S4/c58-38-31-19-27-15-7-8-16-28(27)20-32(31)39(59)36(38)54-51-56-47-44(69-51)35-43(67-47)45-42(66-53(35,49(62)64-23-25-11-3-1-4-12-25)50(63)65-24-26-13-5-2-6-14-26)46-48(68-45)57-52(70-46)55-37-40(60)33-21-29-17-9-10-18-30(29)22-34(33)41(37)61/h1-6,9-14,17-18,21-22,27-28,31-32,37,51,56H,7-8,15-16,19-20,23-24H2,(H,55,57). The third-order valence-electron chi connectivity index (χ3n) is 14.6. The van der Waals surface area contributed by atoms with E-state index in [2.05, 4.69) is 10.6 Å². The van der Waals surface area contributed by atoms with Crippen LogP contribution in [0, 0.1) is 23.7 Å². The van der Waals surface area contributed by atoms with Crippen LogP contribution in [0.2, 0.25) is 0 Å². The number of esters is 2. The molecule has 0 saturated heterocycles. The van der Waals surface area contributed by atoms with Crippen LogP contribution in [-0.4, -0.2) is 57.3 Å². The van der Waals surface area contributed by atoms with Crippen LogP contribution in [0.5, 0.6) is 5.75 Å². The summed E-state index contributed by atoms with van der Waals surface area (Å²) in [6.07, 6.45) is 5.92. The maximum absolute atomic E-state index is 15.2. The lowest BCUT2D eigenvalue weighted by molar-refractivity contribution is -0.183. The molecule has 7 aromatic rings. The van der Waals surface area contributed by atoms with Gasteiger partial charge in [0.15, 0.2) is 45.6 Å². The monoisotopic (exact) mass is 1000 g/mol. The zero-order valence-corrected chi connectivity index (χ0v) is 40.3. The second-order valence-corrected chi connectivity index (χ2v) is 22.8. The SMILES string of the molecule is O=C1c2cc3ccccc3cc2C(=O)C1Nc1nc2sc3c(c2s1)OC(C(=O)OCc1ccccc1)(C(=O)OCc1ccccc1)c1c-3sc2c1SC(N=C1C(=O)C3CC4CCCCC4CC3C1=O)N2. The Balaban J connectivity index is 0.884. The molecule has 3 fully saturated rings. The largest absolute Gasteiger partial charge is 0.457 e. The van der Waals surface area contributed by atoms with Crippen molar-refractivity contribution in [1.29, 1.82) is 0 Å². The van der Waals surface area contributed by atoms with Gasteiger partial charge in [0, 0.05) is 23.0 Å². The number of anilines is 2. The first kappa shape index (κ1) is 43.5. The fourth-order valence-electron chi connectivity index (χ4n) is 11.2. The number of fused-ring (bicyclic) bond motifs is 11. The lowest BCUT2D eigenvalue weighted by atomic mass is 9.64. The highest BCUT2D eigenvalue weighted by Gasteiger charge is 2.62. The lowest BCUT2D eigenvalue weighted by Gasteiger charge is -2.40. The molecule has 0 amide bonds. The van der Waals surface area contributed by atoms with E-state index in [1.807, 2.05) is 60.7 Å². The minimum absolute atomic E-state index is 0.0238. The number of benzene rings is 4. The number of nitrogens with zero attached hydrogens (tertiary/aromatic N) is 2. The van der Waals surface area contributed by atoms with Crippen molar-refractivity contribution in [3.05, 3.63) is 125 Å². The average Bonchev–Trinajstić information content (AvgIpc) is 4.22. The van der Waals surface area contributed by atoms with Gasteiger partial charge >= 0.3 is 17.5 Å². The van der Waals surface area contributed by atoms with Gasteiger partial charge in [-0.3, -0.25) is 19.2 Å². The number of aromatic nitrogens is 1. The van der Waals surface area contributed by atoms with E-state index in [0.29, 0.717) is 63.3 Å². The molecule has 0 spiro atoms. The number of nitrogens with one attached hydrogen (secondary N) is 2. The number of Topliss-reactive ketones (excluding diaryl/α,β-unsaturated/α-hetero) is 4. The van der Waals surface area contributed by atoms with E-state index in [0.717, 1.165) is 60.6 Å². The lowest BCUT2D eigenvalue weighted by Crippen LogP contribution is -2.52. The molecule has 0 bridgehead atoms. The van der Waals surface area contributed by atoms with Crippen molar-refractivity contribution in [3.63, 3.8) is 0 Å². The maximum Gasteiger partial charge on any atom is 0.367 e. The molecular weight excluding hydrogens is 965 g/mol. The number of thiophene rings is 2. The molecule has 3 saturated carbocycles. The molecule has 5 atom stereocenters. The van der Waals surface area contributed by atoms with E-state index in [1.165, 1.54) is 34.4 Å². The first-order chi connectivity index (χ1) is 34.1. The first-order valence-electron chi connectivity index (χ1n) is 23.3. The fraction of sp³-hybridized carbons (Fsp3) is 0.283. The summed E-state index contributed by atoms with van der Waals surface area (Å²) in [5, 5.41) is 9.03. The predicted octanol–water partition coefficient (Wildman–Crippen LogP) is 10.4. The number of thiazole rings is 1. The van der Waals surface area contributed by atoms with Crippen molar-refractivity contribution in [2.75, 3.05) is 10.6 Å². The van der Waals surface area contributed by atoms with Gasteiger partial charge in [-0.1, -0.05) is 134 Å². The van der Waals surface area contributed by atoms with Crippen LogP contribution in [-0.2, 0) is 47.5 Å². The number of ketones is 4. The second-order valence-electron chi connectivity index (χ2n) is 18.6. The van der Waals surface area contributed by atoms with E-state index in [4.69, 9.17) is 24.2 Å². The summed E-state index contributed by atoms with van der Waals surface area (Å²) in [6, 6.07) is 28.0. The Kier molecular flexibility index (Phi) is 10.4. The van der Waals surface area contributed by atoms with Crippen molar-refractivity contribution in [3.8, 4) is 15.5 Å². The number of carbonyl (C=O) groups is 6. The maximum atomic E-state index is 15.2. The zero-order chi connectivity index (χ0) is 47.4. The van der Waals surface area contributed by atoms with Crippen LogP contribution in [0.3, 0.4) is 0 Å². The van der Waals surface area contributed by atoms with Gasteiger partial charge in [0.2, 0.25) is 0 Å². The van der Waals surface area contributed by atoms with Gasteiger partial charge in [0.05, 0.1) is 20.2 Å². The smallest absolute Gasteiger partial charge is 0.367 e. The molecule has 2 N–H and O–H groups in total. The van der Waals surface area contributed by atoms with Crippen LogP contribution >= 0.6 is 45.8 Å². The molecule has 4 aromatic carbocycles. The second kappa shape index (κ2) is 16.8. The Morgan fingerprint density at radius 1 is 0.729 bits per heavy atom. The van der Waals surface area contributed by atoms with Crippen molar-refractivity contribution < 1.29 is 43.0 Å². The van der Waals surface area contributed by atoms with Crippen LogP contribution in [0.1, 0.15) is 75.9 Å². The Morgan fingerprint density at radius 2 is 1.30 bits per heavy atom. The number of ether oxygens (including phenoxy) is 3. The van der Waals surface area contributed by atoms with E-state index >= 15 is 9.59 Å². The van der Waals surface area contributed by atoms with Crippen LogP contribution in [0.4, 0.5) is 10.1 Å². The summed E-state index contributed by atoms with van der Waals surface area (Å²) in [5.41, 5.74) is -1.13. The fourth-order valence-corrected chi connectivity index (χ4v) is 16.3. The first-order valence-corrected chi connectivity index (χ1v) is 26.7. The number of hydrogen-bond donors (Lipinski definition) is 2. The van der Waals surface area contributed by atoms with E-state index in [1.54, 1.807) is 36.4 Å². The van der Waals surface area contributed by atoms with Gasteiger partial charge in [0.25, 0.3) is 0 Å². The molecule has 2 aliphatic heterocycles. The highest BCUT2D eigenvalue weighted by atomic mass is 32.2. The van der Waals surface area contributed by atoms with Crippen molar-refractivity contribution in [2.24, 2.45) is 28.7 Å². The Bertz CT molecular complexity index is 3290. The molecule has 350 valence electrons. The third-order valence-corrected chi connectivity index (χ3v) is 19.3. The Labute approximate surface area is 416 Å². The number of rotatable bonds is 9. The topological polar surface area (TPSA) is 179 Å². The predicted molar refractivity (Wildman–Crippen MR) is 268 cm³/mol. The van der Waals surface area contributed by atoms with E-state index in [-0.39, 0.29) is 70.3 Å². The Hall–Kier alpha value is -6.53. The highest BCUT2D eigenvalue weighted by molar-refractivity contribution is 8.00. The van der Waals surface area contributed by atoms with Gasteiger partial charge in [0.1, 0.15) is 33.5 Å².